The fraction of sp³-hybridized carbons (Fsp3) is 0.526. The van der Waals surface area contributed by atoms with Gasteiger partial charge in [0, 0.05) is 19.1 Å². The van der Waals surface area contributed by atoms with Crippen molar-refractivity contribution < 1.29 is 19.2 Å². The number of rotatable bonds is 10. The van der Waals surface area contributed by atoms with Crippen molar-refractivity contribution in [1.29, 1.82) is 0 Å². The van der Waals surface area contributed by atoms with Gasteiger partial charge in [0.15, 0.2) is 5.78 Å². The predicted octanol–water partition coefficient (Wildman–Crippen LogP) is 2.67. The van der Waals surface area contributed by atoms with Crippen LogP contribution in [-0.4, -0.2) is 49.1 Å². The molecule has 0 heterocycles. The van der Waals surface area contributed by atoms with Crippen LogP contribution in [0.2, 0.25) is 0 Å². The second-order valence-corrected chi connectivity index (χ2v) is 6.35. The number of hydrogen-bond acceptors (Lipinski definition) is 6. The maximum absolute atomic E-state index is 12.0. The number of ketones is 1. The standard InChI is InChI=1S/C19H28N2O4/c1-14(11-12-20-24-13-17-9-7-6-8-10-17)19(25-16(3)23)18(15(2)22)21(4)5/h6-10,12,14,18-19H,11,13H2,1-5H3/b20-12+/t14-,18-,19?/m1/s1. The smallest absolute Gasteiger partial charge is 0.302 e. The van der Waals surface area contributed by atoms with Gasteiger partial charge in [-0.05, 0) is 33.0 Å². The summed E-state index contributed by atoms with van der Waals surface area (Å²) in [6.45, 7) is 5.18. The molecule has 1 rings (SSSR count). The van der Waals surface area contributed by atoms with E-state index in [4.69, 9.17) is 9.57 Å². The first-order chi connectivity index (χ1) is 11.8. The van der Waals surface area contributed by atoms with Crippen molar-refractivity contribution in [1.82, 2.24) is 4.90 Å². The zero-order valence-corrected chi connectivity index (χ0v) is 15.6. The lowest BCUT2D eigenvalue weighted by molar-refractivity contribution is -0.154. The fourth-order valence-corrected chi connectivity index (χ4v) is 2.65. The van der Waals surface area contributed by atoms with Gasteiger partial charge in [-0.25, -0.2) is 0 Å². The third kappa shape index (κ3) is 7.47. The average molecular weight is 348 g/mol. The van der Waals surface area contributed by atoms with Crippen LogP contribution in [0.5, 0.6) is 0 Å². The van der Waals surface area contributed by atoms with Gasteiger partial charge in [-0.2, -0.15) is 0 Å². The van der Waals surface area contributed by atoms with Crippen molar-refractivity contribution in [2.45, 2.75) is 45.9 Å². The molecule has 0 saturated carbocycles. The Hall–Kier alpha value is -2.21. The number of nitrogens with zero attached hydrogens (tertiary/aromatic N) is 2. The highest BCUT2D eigenvalue weighted by Crippen LogP contribution is 2.19. The molecule has 6 nitrogen and oxygen atoms in total. The van der Waals surface area contributed by atoms with E-state index in [0.29, 0.717) is 13.0 Å². The van der Waals surface area contributed by atoms with Crippen LogP contribution in [0.3, 0.4) is 0 Å². The minimum absolute atomic E-state index is 0.0413. The van der Waals surface area contributed by atoms with E-state index in [1.54, 1.807) is 25.2 Å². The van der Waals surface area contributed by atoms with Crippen LogP contribution in [0.4, 0.5) is 0 Å². The van der Waals surface area contributed by atoms with E-state index in [9.17, 15) is 9.59 Å². The van der Waals surface area contributed by atoms with E-state index in [0.717, 1.165) is 5.56 Å². The maximum atomic E-state index is 12.0. The Morgan fingerprint density at radius 1 is 1.20 bits per heavy atom. The number of likely N-dealkylation sites (N-methyl/N-ethyl adjacent to an activating group) is 1. The average Bonchev–Trinajstić information content (AvgIpc) is 2.53. The van der Waals surface area contributed by atoms with Crippen molar-refractivity contribution in [2.24, 2.45) is 11.1 Å². The molecule has 1 aromatic rings. The normalized spacial score (nSPS) is 15.0. The number of carbonyl (C=O) groups is 2. The van der Waals surface area contributed by atoms with Gasteiger partial charge in [0.25, 0.3) is 0 Å². The molecule has 138 valence electrons. The molecule has 0 radical (unpaired) electrons. The molecule has 0 aliphatic carbocycles. The van der Waals surface area contributed by atoms with Gasteiger partial charge in [0.1, 0.15) is 18.8 Å². The minimum atomic E-state index is -0.537. The minimum Gasteiger partial charge on any atom is -0.460 e. The van der Waals surface area contributed by atoms with E-state index < -0.39 is 18.1 Å². The molecule has 25 heavy (non-hydrogen) atoms. The van der Waals surface area contributed by atoms with E-state index in [2.05, 4.69) is 5.16 Å². The van der Waals surface area contributed by atoms with E-state index >= 15 is 0 Å². The summed E-state index contributed by atoms with van der Waals surface area (Å²) >= 11 is 0. The second-order valence-electron chi connectivity index (χ2n) is 6.35. The van der Waals surface area contributed by atoms with Gasteiger partial charge in [0.05, 0.1) is 0 Å². The van der Waals surface area contributed by atoms with Crippen LogP contribution < -0.4 is 0 Å². The van der Waals surface area contributed by atoms with Crippen LogP contribution in [-0.2, 0) is 25.8 Å². The van der Waals surface area contributed by atoms with E-state index in [-0.39, 0.29) is 11.7 Å². The monoisotopic (exact) mass is 348 g/mol. The molecule has 3 atom stereocenters. The third-order valence-electron chi connectivity index (χ3n) is 3.85. The van der Waals surface area contributed by atoms with Crippen LogP contribution in [0, 0.1) is 5.92 Å². The summed E-state index contributed by atoms with van der Waals surface area (Å²) in [6.07, 6.45) is 1.65. The summed E-state index contributed by atoms with van der Waals surface area (Å²) in [4.78, 5) is 30.4. The Kier molecular flexibility index (Phi) is 8.84. The number of esters is 1. The summed E-state index contributed by atoms with van der Waals surface area (Å²) in [6, 6.07) is 9.26. The number of Topliss-reactive ketones (excluding diaryl/α,β-unsaturated/α-hetero) is 1. The first kappa shape index (κ1) is 20.8. The number of ether oxygens (including phenoxy) is 1. The van der Waals surface area contributed by atoms with Crippen molar-refractivity contribution in [2.75, 3.05) is 14.1 Å². The van der Waals surface area contributed by atoms with Gasteiger partial charge in [-0.1, -0.05) is 42.4 Å². The van der Waals surface area contributed by atoms with Crippen molar-refractivity contribution >= 4 is 18.0 Å². The van der Waals surface area contributed by atoms with Gasteiger partial charge in [-0.3, -0.25) is 14.5 Å². The molecule has 0 aromatic heterocycles. The SMILES string of the molecule is CC(=O)OC([C@H](C)C/C=N/OCc1ccccc1)[C@@H](C(C)=O)N(C)C. The molecule has 0 aliphatic rings. The van der Waals surface area contributed by atoms with Gasteiger partial charge in [0.2, 0.25) is 0 Å². The Morgan fingerprint density at radius 3 is 2.36 bits per heavy atom. The maximum Gasteiger partial charge on any atom is 0.302 e. The Balaban J connectivity index is 2.61. The Bertz CT molecular complexity index is 572. The number of benzene rings is 1. The third-order valence-corrected chi connectivity index (χ3v) is 3.85. The molecule has 0 spiro atoms. The van der Waals surface area contributed by atoms with Crippen LogP contribution in [0.25, 0.3) is 0 Å². The van der Waals surface area contributed by atoms with Gasteiger partial charge >= 0.3 is 5.97 Å². The summed E-state index contributed by atoms with van der Waals surface area (Å²) in [5.74, 6) is -0.521. The highest BCUT2D eigenvalue weighted by molar-refractivity contribution is 5.82. The van der Waals surface area contributed by atoms with Crippen LogP contribution >= 0.6 is 0 Å². The number of hydrogen-bond donors (Lipinski definition) is 0. The van der Waals surface area contributed by atoms with Crippen molar-refractivity contribution in [3.8, 4) is 0 Å². The zero-order chi connectivity index (χ0) is 18.8. The van der Waals surface area contributed by atoms with E-state index in [1.807, 2.05) is 37.3 Å². The lowest BCUT2D eigenvalue weighted by atomic mass is 9.92. The Labute approximate surface area is 149 Å². The molecule has 0 saturated heterocycles. The predicted molar refractivity (Wildman–Crippen MR) is 97.2 cm³/mol. The lowest BCUT2D eigenvalue weighted by Gasteiger charge is -2.33. The first-order valence-corrected chi connectivity index (χ1v) is 8.34. The molecule has 1 aromatic carbocycles. The summed E-state index contributed by atoms with van der Waals surface area (Å²) in [5.41, 5.74) is 1.04. The second kappa shape index (κ2) is 10.6. The van der Waals surface area contributed by atoms with Crippen LogP contribution in [0.1, 0.15) is 32.8 Å². The summed E-state index contributed by atoms with van der Waals surface area (Å²) < 4.78 is 5.42. The fourth-order valence-electron chi connectivity index (χ4n) is 2.65. The van der Waals surface area contributed by atoms with E-state index in [1.165, 1.54) is 13.8 Å². The van der Waals surface area contributed by atoms with Gasteiger partial charge < -0.3 is 9.57 Å². The number of oxime groups is 1. The molecule has 1 unspecified atom stereocenters. The molecule has 0 aliphatic heterocycles. The first-order valence-electron chi connectivity index (χ1n) is 8.34. The van der Waals surface area contributed by atoms with Crippen molar-refractivity contribution in [3.05, 3.63) is 35.9 Å². The largest absolute Gasteiger partial charge is 0.460 e. The molecule has 0 fully saturated rings. The highest BCUT2D eigenvalue weighted by atomic mass is 16.6. The van der Waals surface area contributed by atoms with Gasteiger partial charge in [-0.15, -0.1) is 0 Å². The molecular formula is C19H28N2O4. The quantitative estimate of drug-likeness (QED) is 0.369. The lowest BCUT2D eigenvalue weighted by Crippen LogP contribution is -2.49. The molecule has 0 bridgehead atoms. The van der Waals surface area contributed by atoms with Crippen LogP contribution in [0.15, 0.2) is 35.5 Å². The molecule has 0 amide bonds. The Morgan fingerprint density at radius 2 is 1.84 bits per heavy atom. The molecule has 0 N–H and O–H groups in total. The topological polar surface area (TPSA) is 68.2 Å². The van der Waals surface area contributed by atoms with Crippen molar-refractivity contribution in [3.63, 3.8) is 0 Å². The highest BCUT2D eigenvalue weighted by Gasteiger charge is 2.34. The summed E-state index contributed by atoms with van der Waals surface area (Å²) in [7, 11) is 3.60. The molecular weight excluding hydrogens is 320 g/mol. The summed E-state index contributed by atoms with van der Waals surface area (Å²) in [5, 5.41) is 3.95. The number of carbonyl (C=O) groups excluding carboxylic acids is 2. The molecule has 6 heteroatoms. The zero-order valence-electron chi connectivity index (χ0n) is 15.6.